The Kier molecular flexibility index (Phi) is 5.97. The van der Waals surface area contributed by atoms with Crippen LogP contribution in [0.25, 0.3) is 0 Å². The number of nitrogens with zero attached hydrogens (tertiary/aromatic N) is 2. The summed E-state index contributed by atoms with van der Waals surface area (Å²) in [6.45, 7) is 3.94. The van der Waals surface area contributed by atoms with Gasteiger partial charge in [0, 0.05) is 13.0 Å². The first kappa shape index (κ1) is 23.3. The largest absolute Gasteiger partial charge is 0.426 e. The van der Waals surface area contributed by atoms with Gasteiger partial charge in [-0.1, -0.05) is 35.4 Å². The number of esters is 1. The Morgan fingerprint density at radius 2 is 1.71 bits per heavy atom. The van der Waals surface area contributed by atoms with Gasteiger partial charge in [-0.25, -0.2) is 4.90 Å². The number of benzene rings is 2. The molecule has 180 valence electrons. The summed E-state index contributed by atoms with van der Waals surface area (Å²) in [5, 5.41) is 0.442. The van der Waals surface area contributed by atoms with Crippen molar-refractivity contribution in [3.63, 3.8) is 0 Å². The number of para-hydroxylation sites is 1. The van der Waals surface area contributed by atoms with E-state index in [2.05, 4.69) is 0 Å². The highest BCUT2D eigenvalue weighted by molar-refractivity contribution is 6.34. The van der Waals surface area contributed by atoms with Crippen molar-refractivity contribution in [1.82, 2.24) is 0 Å². The SMILES string of the molecule is CC1=CC[C@@H]2C(=O)N(c3ccc(OC(=O)[C@@H]4CC(=O)N(c5ccccc5Cl)C4)cc3C)C(=O)[C@H]2C1. The first-order valence-corrected chi connectivity index (χ1v) is 12.0. The van der Waals surface area contributed by atoms with Crippen molar-refractivity contribution in [2.45, 2.75) is 33.1 Å². The number of rotatable bonds is 4. The van der Waals surface area contributed by atoms with Crippen LogP contribution in [-0.4, -0.2) is 30.2 Å². The molecule has 0 bridgehead atoms. The van der Waals surface area contributed by atoms with Crippen LogP contribution in [0.5, 0.6) is 5.75 Å². The normalized spacial score (nSPS) is 24.0. The van der Waals surface area contributed by atoms with E-state index in [1.165, 1.54) is 9.80 Å². The average Bonchev–Trinajstić information content (AvgIpc) is 3.32. The van der Waals surface area contributed by atoms with Crippen LogP contribution in [-0.2, 0) is 19.2 Å². The van der Waals surface area contributed by atoms with Crippen molar-refractivity contribution in [1.29, 1.82) is 0 Å². The minimum absolute atomic E-state index is 0.0358. The molecule has 0 spiro atoms. The highest BCUT2D eigenvalue weighted by Crippen LogP contribution is 2.41. The number of allylic oxidation sites excluding steroid dienone is 2. The Morgan fingerprint density at radius 3 is 2.46 bits per heavy atom. The van der Waals surface area contributed by atoms with Gasteiger partial charge in [0.25, 0.3) is 0 Å². The maximum Gasteiger partial charge on any atom is 0.316 e. The van der Waals surface area contributed by atoms with E-state index < -0.39 is 11.9 Å². The Labute approximate surface area is 208 Å². The van der Waals surface area contributed by atoms with Crippen LogP contribution in [0.2, 0.25) is 5.02 Å². The molecule has 0 N–H and O–H groups in total. The van der Waals surface area contributed by atoms with Gasteiger partial charge < -0.3 is 9.64 Å². The second kappa shape index (κ2) is 8.96. The molecule has 1 aliphatic carbocycles. The lowest BCUT2D eigenvalue weighted by molar-refractivity contribution is -0.139. The first-order chi connectivity index (χ1) is 16.7. The van der Waals surface area contributed by atoms with Gasteiger partial charge >= 0.3 is 5.97 Å². The third-order valence-electron chi connectivity index (χ3n) is 7.05. The van der Waals surface area contributed by atoms with Gasteiger partial charge in [0.15, 0.2) is 0 Å². The molecular formula is C27H25ClN2O5. The molecule has 2 aromatic rings. The van der Waals surface area contributed by atoms with E-state index in [-0.39, 0.29) is 42.5 Å². The minimum Gasteiger partial charge on any atom is -0.426 e. The number of carbonyl (C=O) groups excluding carboxylic acids is 4. The van der Waals surface area contributed by atoms with Gasteiger partial charge in [-0.2, -0.15) is 0 Å². The quantitative estimate of drug-likeness (QED) is 0.272. The monoisotopic (exact) mass is 492 g/mol. The van der Waals surface area contributed by atoms with Gasteiger partial charge in [-0.3, -0.25) is 19.2 Å². The summed E-state index contributed by atoms with van der Waals surface area (Å²) in [4.78, 5) is 54.1. The zero-order chi connectivity index (χ0) is 24.9. The topological polar surface area (TPSA) is 84.0 Å². The second-order valence-corrected chi connectivity index (χ2v) is 9.85. The van der Waals surface area contributed by atoms with Crippen LogP contribution in [0.3, 0.4) is 0 Å². The second-order valence-electron chi connectivity index (χ2n) is 9.44. The van der Waals surface area contributed by atoms with Gasteiger partial charge in [0.1, 0.15) is 5.75 Å². The Bertz CT molecular complexity index is 1290. The Morgan fingerprint density at radius 1 is 0.971 bits per heavy atom. The molecular weight excluding hydrogens is 468 g/mol. The molecule has 2 fully saturated rings. The van der Waals surface area contributed by atoms with Crippen molar-refractivity contribution in [3.05, 3.63) is 64.7 Å². The Hall–Kier alpha value is -3.45. The third-order valence-corrected chi connectivity index (χ3v) is 7.37. The molecule has 2 heterocycles. The molecule has 2 saturated heterocycles. The molecule has 0 aromatic heterocycles. The lowest BCUT2D eigenvalue weighted by atomic mass is 9.82. The molecule has 0 radical (unpaired) electrons. The number of ether oxygens (including phenoxy) is 1. The van der Waals surface area contributed by atoms with E-state index in [0.29, 0.717) is 40.6 Å². The number of amides is 3. The molecule has 3 amide bonds. The van der Waals surface area contributed by atoms with Crippen LogP contribution in [0.4, 0.5) is 11.4 Å². The summed E-state index contributed by atoms with van der Waals surface area (Å²) in [5.74, 6) is -2.02. The van der Waals surface area contributed by atoms with E-state index in [0.717, 1.165) is 5.57 Å². The summed E-state index contributed by atoms with van der Waals surface area (Å²) in [5.41, 5.74) is 2.86. The van der Waals surface area contributed by atoms with Crippen LogP contribution in [0.1, 0.15) is 31.7 Å². The molecule has 0 saturated carbocycles. The average molecular weight is 493 g/mol. The number of fused-ring (bicyclic) bond motifs is 1. The molecule has 0 unspecified atom stereocenters. The Balaban J connectivity index is 1.29. The minimum atomic E-state index is -0.626. The molecule has 3 atom stereocenters. The summed E-state index contributed by atoms with van der Waals surface area (Å²) in [6, 6.07) is 11.9. The van der Waals surface area contributed by atoms with E-state index in [9.17, 15) is 19.2 Å². The standard InChI is InChI=1S/C27H25ClN2O5/c1-15-7-9-19-20(11-15)26(33)30(25(19)32)22-10-8-18(12-16(22)2)35-27(34)17-13-24(31)29(14-17)23-6-4-3-5-21(23)28/h3-8,10,12,17,19-20H,9,11,13-14H2,1-2H3/t17-,19+,20+/m1/s1. The van der Waals surface area contributed by atoms with Crippen molar-refractivity contribution >= 4 is 46.7 Å². The fourth-order valence-electron chi connectivity index (χ4n) is 5.19. The maximum absolute atomic E-state index is 13.0. The van der Waals surface area contributed by atoms with Crippen LogP contribution in [0, 0.1) is 24.7 Å². The van der Waals surface area contributed by atoms with E-state index in [1.54, 1.807) is 49.4 Å². The first-order valence-electron chi connectivity index (χ1n) is 11.6. The molecule has 7 nitrogen and oxygen atoms in total. The summed E-state index contributed by atoms with van der Waals surface area (Å²) in [7, 11) is 0. The number of anilines is 2. The van der Waals surface area contributed by atoms with Gasteiger partial charge in [0.2, 0.25) is 17.7 Å². The summed E-state index contributed by atoms with van der Waals surface area (Å²) >= 11 is 6.22. The fourth-order valence-corrected chi connectivity index (χ4v) is 5.42. The number of hydrogen-bond donors (Lipinski definition) is 0. The van der Waals surface area contributed by atoms with Gasteiger partial charge in [0.05, 0.1) is 34.2 Å². The van der Waals surface area contributed by atoms with Crippen LogP contribution >= 0.6 is 11.6 Å². The smallest absolute Gasteiger partial charge is 0.316 e. The number of halogens is 1. The summed E-state index contributed by atoms with van der Waals surface area (Å²) in [6.07, 6.45) is 3.25. The lowest BCUT2D eigenvalue weighted by Gasteiger charge is -2.19. The van der Waals surface area contributed by atoms with Crippen molar-refractivity contribution in [2.24, 2.45) is 17.8 Å². The predicted octanol–water partition coefficient (Wildman–Crippen LogP) is 4.45. The van der Waals surface area contributed by atoms with Crippen molar-refractivity contribution < 1.29 is 23.9 Å². The molecule has 3 aliphatic rings. The van der Waals surface area contributed by atoms with E-state index in [4.69, 9.17) is 16.3 Å². The fraction of sp³-hybridized carbons (Fsp3) is 0.333. The van der Waals surface area contributed by atoms with Crippen LogP contribution < -0.4 is 14.5 Å². The molecule has 2 aliphatic heterocycles. The zero-order valence-electron chi connectivity index (χ0n) is 19.5. The molecule has 2 aromatic carbocycles. The highest BCUT2D eigenvalue weighted by atomic mass is 35.5. The zero-order valence-corrected chi connectivity index (χ0v) is 20.2. The van der Waals surface area contributed by atoms with Crippen molar-refractivity contribution in [2.75, 3.05) is 16.3 Å². The lowest BCUT2D eigenvalue weighted by Crippen LogP contribution is -2.31. The summed E-state index contributed by atoms with van der Waals surface area (Å²) < 4.78 is 5.57. The molecule has 5 rings (SSSR count). The highest BCUT2D eigenvalue weighted by Gasteiger charge is 2.49. The number of imide groups is 1. The van der Waals surface area contributed by atoms with Gasteiger partial charge in [-0.15, -0.1) is 0 Å². The molecule has 8 heteroatoms. The van der Waals surface area contributed by atoms with Crippen LogP contribution in [0.15, 0.2) is 54.1 Å². The third kappa shape index (κ3) is 4.14. The molecule has 35 heavy (non-hydrogen) atoms. The number of carbonyl (C=O) groups is 4. The maximum atomic E-state index is 13.0. The predicted molar refractivity (Wildman–Crippen MR) is 131 cm³/mol. The van der Waals surface area contributed by atoms with E-state index in [1.807, 2.05) is 13.0 Å². The van der Waals surface area contributed by atoms with E-state index >= 15 is 0 Å². The van der Waals surface area contributed by atoms with Crippen molar-refractivity contribution in [3.8, 4) is 5.75 Å². The van der Waals surface area contributed by atoms with Gasteiger partial charge in [-0.05, 0) is 62.6 Å². The number of aryl methyl sites for hydroxylation is 1. The number of hydrogen-bond acceptors (Lipinski definition) is 5.